The Morgan fingerprint density at radius 2 is 1.95 bits per heavy atom. The van der Waals surface area contributed by atoms with Gasteiger partial charge in [0.25, 0.3) is 6.29 Å². The Morgan fingerprint density at radius 3 is 2.63 bits per heavy atom. The van der Waals surface area contributed by atoms with E-state index in [9.17, 15) is 18.3 Å². The molecule has 2 aromatic rings. The molecule has 19 heavy (non-hydrogen) atoms. The number of aromatic hydroxyl groups is 1. The van der Waals surface area contributed by atoms with E-state index in [0.29, 0.717) is 10.9 Å². The van der Waals surface area contributed by atoms with Crippen molar-refractivity contribution in [2.75, 3.05) is 0 Å². The molecule has 98 valence electrons. The van der Waals surface area contributed by atoms with E-state index >= 15 is 0 Å². The highest BCUT2D eigenvalue weighted by Gasteiger charge is 2.43. The summed E-state index contributed by atoms with van der Waals surface area (Å²) in [7, 11) is -4.07. The summed E-state index contributed by atoms with van der Waals surface area (Å²) in [5.74, 6) is -1.21. The zero-order valence-corrected chi connectivity index (χ0v) is 10.1. The predicted molar refractivity (Wildman–Crippen MR) is 62.6 cm³/mol. The molecule has 8 heteroatoms. The average molecular weight is 281 g/mol. The van der Waals surface area contributed by atoms with Gasteiger partial charge in [-0.1, -0.05) is 18.2 Å². The topological polar surface area (TPSA) is 103 Å². The summed E-state index contributed by atoms with van der Waals surface area (Å²) in [6.45, 7) is 0. The molecule has 0 bridgehead atoms. The van der Waals surface area contributed by atoms with E-state index in [4.69, 9.17) is 0 Å². The van der Waals surface area contributed by atoms with Crippen LogP contribution in [0.15, 0.2) is 30.3 Å². The van der Waals surface area contributed by atoms with E-state index in [1.54, 1.807) is 24.3 Å². The summed E-state index contributed by atoms with van der Waals surface area (Å²) in [5.41, 5.74) is 0.199. The SMILES string of the molecule is O=C(c1nc2ccccc2cc1O)C1OS(=O)(=O)O1. The van der Waals surface area contributed by atoms with Gasteiger partial charge in [0.05, 0.1) is 5.52 Å². The summed E-state index contributed by atoms with van der Waals surface area (Å²) in [5, 5.41) is 10.4. The van der Waals surface area contributed by atoms with Crippen molar-refractivity contribution in [2.45, 2.75) is 6.29 Å². The van der Waals surface area contributed by atoms with Crippen LogP contribution < -0.4 is 0 Å². The van der Waals surface area contributed by atoms with Crippen LogP contribution in [-0.4, -0.2) is 30.6 Å². The molecule has 0 spiro atoms. The minimum absolute atomic E-state index is 0.293. The molecule has 0 aliphatic carbocycles. The van der Waals surface area contributed by atoms with Crippen LogP contribution in [0.4, 0.5) is 0 Å². The molecule has 2 heterocycles. The van der Waals surface area contributed by atoms with Crippen LogP contribution in [0.2, 0.25) is 0 Å². The van der Waals surface area contributed by atoms with Gasteiger partial charge in [-0.2, -0.15) is 8.42 Å². The van der Waals surface area contributed by atoms with Crippen LogP contribution in [0.3, 0.4) is 0 Å². The number of fused-ring (bicyclic) bond motifs is 1. The van der Waals surface area contributed by atoms with Crippen LogP contribution >= 0.6 is 0 Å². The Hall–Kier alpha value is -2.03. The van der Waals surface area contributed by atoms with Crippen molar-refractivity contribution < 1.29 is 26.7 Å². The van der Waals surface area contributed by atoms with Gasteiger partial charge in [-0.05, 0) is 12.1 Å². The third-order valence-corrected chi connectivity index (χ3v) is 3.38. The fraction of sp³-hybridized carbons (Fsp3) is 0.0909. The van der Waals surface area contributed by atoms with E-state index in [1.807, 2.05) is 0 Å². The quantitative estimate of drug-likeness (QED) is 0.810. The third-order valence-electron chi connectivity index (χ3n) is 2.56. The minimum atomic E-state index is -4.07. The molecule has 0 unspecified atom stereocenters. The second-order valence-electron chi connectivity index (χ2n) is 3.85. The monoisotopic (exact) mass is 281 g/mol. The van der Waals surface area contributed by atoms with Crippen molar-refractivity contribution in [1.82, 2.24) is 4.98 Å². The van der Waals surface area contributed by atoms with Crippen molar-refractivity contribution in [2.24, 2.45) is 0 Å². The Balaban J connectivity index is 2.01. The van der Waals surface area contributed by atoms with Gasteiger partial charge in [-0.3, -0.25) is 4.79 Å². The summed E-state index contributed by atoms with van der Waals surface area (Å²) in [6, 6.07) is 8.22. The normalized spacial score (nSPS) is 18.1. The van der Waals surface area contributed by atoms with Crippen LogP contribution in [-0.2, 0) is 18.8 Å². The summed E-state index contributed by atoms with van der Waals surface area (Å²) < 4.78 is 29.8. The first-order valence-electron chi connectivity index (χ1n) is 5.21. The minimum Gasteiger partial charge on any atom is -0.506 e. The van der Waals surface area contributed by atoms with Gasteiger partial charge in [0.15, 0.2) is 5.69 Å². The largest absolute Gasteiger partial charge is 0.506 e. The van der Waals surface area contributed by atoms with E-state index in [1.165, 1.54) is 6.07 Å². The number of rotatable bonds is 2. The van der Waals surface area contributed by atoms with Gasteiger partial charge >= 0.3 is 10.4 Å². The molecular weight excluding hydrogens is 274 g/mol. The second-order valence-corrected chi connectivity index (χ2v) is 5.05. The van der Waals surface area contributed by atoms with Crippen molar-refractivity contribution in [3.63, 3.8) is 0 Å². The lowest BCUT2D eigenvalue weighted by Gasteiger charge is -2.23. The lowest BCUT2D eigenvalue weighted by Crippen LogP contribution is -2.42. The van der Waals surface area contributed by atoms with Gasteiger partial charge in [-0.25, -0.2) is 13.4 Å². The van der Waals surface area contributed by atoms with Crippen molar-refractivity contribution >= 4 is 27.1 Å². The first-order valence-corrected chi connectivity index (χ1v) is 6.54. The molecule has 7 nitrogen and oxygen atoms in total. The fourth-order valence-electron chi connectivity index (χ4n) is 1.71. The number of ketones is 1. The zero-order valence-electron chi connectivity index (χ0n) is 9.31. The molecule has 0 amide bonds. The molecule has 1 fully saturated rings. The van der Waals surface area contributed by atoms with Crippen molar-refractivity contribution in [3.05, 3.63) is 36.0 Å². The van der Waals surface area contributed by atoms with E-state index in [0.717, 1.165) is 0 Å². The van der Waals surface area contributed by atoms with Crippen LogP contribution in [0.5, 0.6) is 5.75 Å². The molecule has 1 aromatic carbocycles. The Labute approximate surface area is 107 Å². The number of aromatic nitrogens is 1. The van der Waals surface area contributed by atoms with Crippen LogP contribution in [0, 0.1) is 0 Å². The highest BCUT2D eigenvalue weighted by molar-refractivity contribution is 7.82. The third kappa shape index (κ3) is 2.05. The van der Waals surface area contributed by atoms with E-state index in [2.05, 4.69) is 13.4 Å². The highest BCUT2D eigenvalue weighted by Crippen LogP contribution is 2.27. The maximum absolute atomic E-state index is 11.8. The van der Waals surface area contributed by atoms with Crippen LogP contribution in [0.25, 0.3) is 10.9 Å². The predicted octanol–water partition coefficient (Wildman–Crippen LogP) is 0.741. The summed E-state index contributed by atoms with van der Waals surface area (Å²) in [6.07, 6.45) is -1.58. The van der Waals surface area contributed by atoms with Gasteiger partial charge < -0.3 is 5.11 Å². The Bertz CT molecular complexity index is 773. The molecule has 0 radical (unpaired) electrons. The lowest BCUT2D eigenvalue weighted by molar-refractivity contribution is -0.0542. The fourth-order valence-corrected chi connectivity index (χ4v) is 2.32. The number of hydrogen-bond donors (Lipinski definition) is 1. The van der Waals surface area contributed by atoms with Gasteiger partial charge in [0, 0.05) is 5.39 Å². The van der Waals surface area contributed by atoms with E-state index in [-0.39, 0.29) is 11.4 Å². The van der Waals surface area contributed by atoms with Gasteiger partial charge in [0.1, 0.15) is 5.75 Å². The average Bonchev–Trinajstić information content (AvgIpc) is 2.34. The Kier molecular flexibility index (Phi) is 2.52. The molecular formula is C11H7NO6S. The summed E-state index contributed by atoms with van der Waals surface area (Å²) in [4.78, 5) is 15.8. The highest BCUT2D eigenvalue weighted by atomic mass is 32.3. The number of para-hydroxylation sites is 1. The molecule has 3 rings (SSSR count). The number of nitrogens with zero attached hydrogens (tertiary/aromatic N) is 1. The smallest absolute Gasteiger partial charge is 0.405 e. The number of Topliss-reactive ketones (excluding diaryl/α,β-unsaturated/α-hetero) is 1. The molecule has 0 saturated carbocycles. The van der Waals surface area contributed by atoms with E-state index < -0.39 is 22.5 Å². The number of carbonyl (C=O) groups is 1. The first kappa shape index (κ1) is 12.0. The molecule has 1 aliphatic rings. The number of pyridine rings is 1. The van der Waals surface area contributed by atoms with Gasteiger partial charge in [0.2, 0.25) is 5.78 Å². The number of carbonyl (C=O) groups excluding carboxylic acids is 1. The second kappa shape index (κ2) is 3.98. The molecule has 1 N–H and O–H groups in total. The lowest BCUT2D eigenvalue weighted by atomic mass is 10.1. The maximum atomic E-state index is 11.8. The van der Waals surface area contributed by atoms with Crippen molar-refractivity contribution in [3.8, 4) is 5.75 Å². The number of benzene rings is 1. The standard InChI is InChI=1S/C11H7NO6S/c13-8-5-6-3-1-2-4-7(6)12-9(8)10(14)11-17-19(15,16)18-11/h1-5,11,13H. The first-order chi connectivity index (χ1) is 8.96. The van der Waals surface area contributed by atoms with Gasteiger partial charge in [-0.15, -0.1) is 0 Å². The zero-order chi connectivity index (χ0) is 13.6. The van der Waals surface area contributed by atoms with Crippen molar-refractivity contribution in [1.29, 1.82) is 0 Å². The molecule has 0 atom stereocenters. The molecule has 1 aromatic heterocycles. The molecule has 1 saturated heterocycles. The Morgan fingerprint density at radius 1 is 1.26 bits per heavy atom. The number of hydrogen-bond acceptors (Lipinski definition) is 7. The molecule has 1 aliphatic heterocycles. The van der Waals surface area contributed by atoms with Crippen LogP contribution in [0.1, 0.15) is 10.5 Å². The summed E-state index contributed by atoms with van der Waals surface area (Å²) >= 11 is 0. The maximum Gasteiger partial charge on any atom is 0.405 e.